The second kappa shape index (κ2) is 7.94. The average Bonchev–Trinajstić information content (AvgIpc) is 2.34. The van der Waals surface area contributed by atoms with E-state index in [0.717, 1.165) is 30.6 Å². The first-order valence-electron chi connectivity index (χ1n) is 5.81. The topological polar surface area (TPSA) is 29.5 Å². The number of allylic oxidation sites excluding steroid dienone is 1. The van der Waals surface area contributed by atoms with E-state index in [2.05, 4.69) is 6.58 Å². The minimum Gasteiger partial charge on any atom is -0.493 e. The van der Waals surface area contributed by atoms with Crippen LogP contribution in [-0.2, 0) is 6.61 Å². The fourth-order valence-electron chi connectivity index (χ4n) is 1.52. The number of hydrogen-bond acceptors (Lipinski definition) is 2. The van der Waals surface area contributed by atoms with Gasteiger partial charge in [0.15, 0.2) is 0 Å². The average molecular weight is 220 g/mol. The molecule has 0 aliphatic carbocycles. The van der Waals surface area contributed by atoms with Crippen molar-refractivity contribution in [3.63, 3.8) is 0 Å². The Morgan fingerprint density at radius 3 is 2.75 bits per heavy atom. The molecule has 0 atom stereocenters. The van der Waals surface area contributed by atoms with Gasteiger partial charge in [-0.25, -0.2) is 0 Å². The zero-order valence-electron chi connectivity index (χ0n) is 9.69. The first kappa shape index (κ1) is 12.8. The fraction of sp³-hybridized carbons (Fsp3) is 0.429. The van der Waals surface area contributed by atoms with Crippen molar-refractivity contribution in [2.45, 2.75) is 32.3 Å². The summed E-state index contributed by atoms with van der Waals surface area (Å²) in [5, 5.41) is 9.10. The zero-order valence-corrected chi connectivity index (χ0v) is 9.69. The van der Waals surface area contributed by atoms with Crippen LogP contribution in [0.4, 0.5) is 0 Å². The van der Waals surface area contributed by atoms with Crippen LogP contribution in [0.2, 0.25) is 0 Å². The molecule has 0 aliphatic heterocycles. The lowest BCUT2D eigenvalue weighted by Crippen LogP contribution is -2.00. The van der Waals surface area contributed by atoms with E-state index in [1.807, 2.05) is 30.3 Å². The Bertz CT molecular complexity index is 307. The van der Waals surface area contributed by atoms with E-state index in [0.29, 0.717) is 6.61 Å². The molecule has 0 saturated carbocycles. The van der Waals surface area contributed by atoms with E-state index in [-0.39, 0.29) is 6.61 Å². The lowest BCUT2D eigenvalue weighted by Gasteiger charge is -2.09. The van der Waals surface area contributed by atoms with Gasteiger partial charge >= 0.3 is 0 Å². The lowest BCUT2D eigenvalue weighted by atomic mass is 10.2. The third-order valence-electron chi connectivity index (χ3n) is 2.45. The summed E-state index contributed by atoms with van der Waals surface area (Å²) in [4.78, 5) is 0. The summed E-state index contributed by atoms with van der Waals surface area (Å²) in [6.07, 6.45) is 6.41. The third kappa shape index (κ3) is 4.49. The normalized spacial score (nSPS) is 10.1. The molecule has 1 aromatic carbocycles. The van der Waals surface area contributed by atoms with Crippen molar-refractivity contribution in [3.05, 3.63) is 42.5 Å². The quantitative estimate of drug-likeness (QED) is 0.538. The number of aliphatic hydroxyl groups is 1. The molecule has 2 nitrogen and oxygen atoms in total. The lowest BCUT2D eigenvalue weighted by molar-refractivity contribution is 0.260. The van der Waals surface area contributed by atoms with Gasteiger partial charge in [0, 0.05) is 5.56 Å². The first-order valence-corrected chi connectivity index (χ1v) is 5.81. The molecule has 1 aromatic rings. The maximum absolute atomic E-state index is 9.10. The van der Waals surface area contributed by atoms with Gasteiger partial charge in [-0.3, -0.25) is 0 Å². The van der Waals surface area contributed by atoms with Crippen LogP contribution < -0.4 is 4.74 Å². The maximum atomic E-state index is 9.10. The van der Waals surface area contributed by atoms with Crippen molar-refractivity contribution < 1.29 is 9.84 Å². The Morgan fingerprint density at radius 2 is 2.00 bits per heavy atom. The SMILES string of the molecule is C=CCCCCCOc1ccccc1CO. The van der Waals surface area contributed by atoms with Crippen LogP contribution in [0.1, 0.15) is 31.2 Å². The molecule has 0 aromatic heterocycles. The number of rotatable bonds is 8. The molecular weight excluding hydrogens is 200 g/mol. The van der Waals surface area contributed by atoms with Crippen LogP contribution in [0.25, 0.3) is 0 Å². The van der Waals surface area contributed by atoms with Gasteiger partial charge in [0.05, 0.1) is 13.2 Å². The van der Waals surface area contributed by atoms with E-state index in [1.54, 1.807) is 0 Å². The van der Waals surface area contributed by atoms with Gasteiger partial charge in [0.1, 0.15) is 5.75 Å². The highest BCUT2D eigenvalue weighted by Crippen LogP contribution is 2.18. The Kier molecular flexibility index (Phi) is 6.35. The largest absolute Gasteiger partial charge is 0.493 e. The monoisotopic (exact) mass is 220 g/mol. The fourth-order valence-corrected chi connectivity index (χ4v) is 1.52. The summed E-state index contributed by atoms with van der Waals surface area (Å²) in [5.74, 6) is 0.800. The second-order valence-electron chi connectivity index (χ2n) is 3.75. The van der Waals surface area contributed by atoms with Crippen LogP contribution in [0, 0.1) is 0 Å². The van der Waals surface area contributed by atoms with Crippen molar-refractivity contribution >= 4 is 0 Å². The van der Waals surface area contributed by atoms with Crippen molar-refractivity contribution in [2.75, 3.05) is 6.61 Å². The molecule has 0 heterocycles. The number of ether oxygens (including phenoxy) is 1. The summed E-state index contributed by atoms with van der Waals surface area (Å²) < 4.78 is 5.62. The van der Waals surface area contributed by atoms with E-state index >= 15 is 0 Å². The number of aliphatic hydroxyl groups excluding tert-OH is 1. The Morgan fingerprint density at radius 1 is 1.19 bits per heavy atom. The standard InChI is InChI=1S/C14H20O2/c1-2-3-4-5-8-11-16-14-10-7-6-9-13(14)12-15/h2,6-7,9-10,15H,1,3-5,8,11-12H2. The number of benzene rings is 1. The number of hydrogen-bond donors (Lipinski definition) is 1. The molecule has 0 saturated heterocycles. The van der Waals surface area contributed by atoms with Gasteiger partial charge in [-0.05, 0) is 31.7 Å². The second-order valence-corrected chi connectivity index (χ2v) is 3.75. The van der Waals surface area contributed by atoms with Crippen LogP contribution in [0.15, 0.2) is 36.9 Å². The van der Waals surface area contributed by atoms with Gasteiger partial charge < -0.3 is 9.84 Å². The van der Waals surface area contributed by atoms with E-state index in [4.69, 9.17) is 9.84 Å². The Labute approximate surface area is 97.6 Å². The minimum absolute atomic E-state index is 0.0344. The van der Waals surface area contributed by atoms with Crippen molar-refractivity contribution in [3.8, 4) is 5.75 Å². The van der Waals surface area contributed by atoms with Crippen molar-refractivity contribution in [2.24, 2.45) is 0 Å². The highest BCUT2D eigenvalue weighted by molar-refractivity contribution is 5.32. The molecule has 0 fully saturated rings. The molecule has 0 spiro atoms. The van der Waals surface area contributed by atoms with Gasteiger partial charge in [-0.2, -0.15) is 0 Å². The van der Waals surface area contributed by atoms with Crippen LogP contribution in [-0.4, -0.2) is 11.7 Å². The molecule has 0 unspecified atom stereocenters. The number of para-hydroxylation sites is 1. The number of unbranched alkanes of at least 4 members (excludes halogenated alkanes) is 3. The Balaban J connectivity index is 2.23. The van der Waals surface area contributed by atoms with Crippen molar-refractivity contribution in [1.82, 2.24) is 0 Å². The molecule has 1 rings (SSSR count). The van der Waals surface area contributed by atoms with Gasteiger partial charge in [0.25, 0.3) is 0 Å². The highest BCUT2D eigenvalue weighted by Gasteiger charge is 2.00. The predicted octanol–water partition coefficient (Wildman–Crippen LogP) is 3.30. The van der Waals surface area contributed by atoms with Crippen LogP contribution >= 0.6 is 0 Å². The van der Waals surface area contributed by atoms with Crippen LogP contribution in [0.3, 0.4) is 0 Å². The van der Waals surface area contributed by atoms with E-state index < -0.39 is 0 Å². The molecule has 2 heteroatoms. The summed E-state index contributed by atoms with van der Waals surface area (Å²) in [6.45, 7) is 4.44. The molecule has 0 bridgehead atoms. The first-order chi connectivity index (χ1) is 7.88. The third-order valence-corrected chi connectivity index (χ3v) is 2.45. The molecule has 88 valence electrons. The summed E-state index contributed by atoms with van der Waals surface area (Å²) in [5.41, 5.74) is 0.855. The maximum Gasteiger partial charge on any atom is 0.124 e. The predicted molar refractivity (Wildman–Crippen MR) is 66.5 cm³/mol. The molecule has 0 radical (unpaired) electrons. The summed E-state index contributed by atoms with van der Waals surface area (Å²) in [7, 11) is 0. The highest BCUT2D eigenvalue weighted by atomic mass is 16.5. The van der Waals surface area contributed by atoms with Gasteiger partial charge in [-0.15, -0.1) is 6.58 Å². The molecule has 16 heavy (non-hydrogen) atoms. The molecule has 0 amide bonds. The summed E-state index contributed by atoms with van der Waals surface area (Å²) in [6, 6.07) is 7.61. The minimum atomic E-state index is 0.0344. The van der Waals surface area contributed by atoms with Gasteiger partial charge in [0.2, 0.25) is 0 Å². The molecule has 0 aliphatic rings. The van der Waals surface area contributed by atoms with E-state index in [9.17, 15) is 0 Å². The van der Waals surface area contributed by atoms with E-state index in [1.165, 1.54) is 6.42 Å². The smallest absolute Gasteiger partial charge is 0.124 e. The Hall–Kier alpha value is -1.28. The molecular formula is C14H20O2. The molecule has 1 N–H and O–H groups in total. The van der Waals surface area contributed by atoms with Crippen molar-refractivity contribution in [1.29, 1.82) is 0 Å². The summed E-state index contributed by atoms with van der Waals surface area (Å²) >= 11 is 0. The van der Waals surface area contributed by atoms with Crippen LogP contribution in [0.5, 0.6) is 5.75 Å². The zero-order chi connectivity index (χ0) is 11.6. The van der Waals surface area contributed by atoms with Gasteiger partial charge in [-0.1, -0.05) is 24.3 Å².